The van der Waals surface area contributed by atoms with Gasteiger partial charge < -0.3 is 15.2 Å². The lowest BCUT2D eigenvalue weighted by molar-refractivity contribution is -0.146. The molecular formula is C24H25NO5S. The molecule has 2 bridgehead atoms. The van der Waals surface area contributed by atoms with E-state index in [4.69, 9.17) is 4.74 Å². The van der Waals surface area contributed by atoms with Gasteiger partial charge in [-0.1, -0.05) is 42.0 Å². The summed E-state index contributed by atoms with van der Waals surface area (Å²) in [4.78, 5) is 37.9. The maximum atomic E-state index is 13.2. The highest BCUT2D eigenvalue weighted by molar-refractivity contribution is 7.15. The second kappa shape index (κ2) is 8.30. The van der Waals surface area contributed by atoms with Crippen LogP contribution in [0.1, 0.15) is 36.2 Å². The van der Waals surface area contributed by atoms with Crippen LogP contribution in [-0.2, 0) is 14.3 Å². The summed E-state index contributed by atoms with van der Waals surface area (Å²) < 4.78 is 5.45. The van der Waals surface area contributed by atoms with Crippen LogP contribution in [0.2, 0.25) is 0 Å². The number of carboxylic acids is 1. The molecule has 2 aromatic rings. The third kappa shape index (κ3) is 4.02. The van der Waals surface area contributed by atoms with Gasteiger partial charge in [0.1, 0.15) is 10.6 Å². The molecule has 1 aromatic heterocycles. The van der Waals surface area contributed by atoms with Gasteiger partial charge in [-0.3, -0.25) is 9.59 Å². The number of aryl methyl sites for hydroxylation is 1. The van der Waals surface area contributed by atoms with Crippen LogP contribution in [0.5, 0.6) is 0 Å². The largest absolute Gasteiger partial charge is 0.481 e. The van der Waals surface area contributed by atoms with Crippen molar-refractivity contribution in [1.82, 2.24) is 0 Å². The molecule has 1 fully saturated rings. The average Bonchev–Trinajstić information content (AvgIpc) is 3.41. The lowest BCUT2D eigenvalue weighted by Crippen LogP contribution is -2.36. The third-order valence-corrected chi connectivity index (χ3v) is 6.85. The van der Waals surface area contributed by atoms with Crippen molar-refractivity contribution < 1.29 is 24.2 Å². The van der Waals surface area contributed by atoms with E-state index in [2.05, 4.69) is 5.32 Å². The first-order valence-corrected chi connectivity index (χ1v) is 11.3. The van der Waals surface area contributed by atoms with E-state index >= 15 is 0 Å². The van der Waals surface area contributed by atoms with Crippen molar-refractivity contribution in [3.8, 4) is 11.1 Å². The summed E-state index contributed by atoms with van der Waals surface area (Å²) >= 11 is 1.25. The number of benzene rings is 1. The van der Waals surface area contributed by atoms with Gasteiger partial charge in [-0.25, -0.2) is 4.79 Å². The van der Waals surface area contributed by atoms with E-state index in [9.17, 15) is 19.5 Å². The van der Waals surface area contributed by atoms with Crippen LogP contribution in [0.3, 0.4) is 0 Å². The van der Waals surface area contributed by atoms with Gasteiger partial charge >= 0.3 is 11.9 Å². The van der Waals surface area contributed by atoms with Gasteiger partial charge in [0.05, 0.1) is 17.9 Å². The smallest absolute Gasteiger partial charge is 0.342 e. The monoisotopic (exact) mass is 439 g/mol. The number of esters is 1. The highest BCUT2D eigenvalue weighted by Crippen LogP contribution is 2.49. The zero-order chi connectivity index (χ0) is 22.3. The van der Waals surface area contributed by atoms with Crippen LogP contribution in [0.25, 0.3) is 11.1 Å². The Kier molecular flexibility index (Phi) is 5.71. The van der Waals surface area contributed by atoms with Crippen LogP contribution >= 0.6 is 11.3 Å². The lowest BCUT2D eigenvalue weighted by Gasteiger charge is -2.23. The Morgan fingerprint density at radius 3 is 2.52 bits per heavy atom. The van der Waals surface area contributed by atoms with Crippen molar-refractivity contribution in [1.29, 1.82) is 0 Å². The molecule has 0 aliphatic heterocycles. The summed E-state index contributed by atoms with van der Waals surface area (Å²) in [7, 11) is 0. The standard InChI is InChI=1S/C24H25NO5S/c1-12(2)30-24(29)20-17(14-6-4-5-13(3)9-14)11-31-22(20)25-21(26)18-15-7-8-16(10-15)19(18)23(27)28/h4-9,11-12,15-16,18-19H,10H2,1-3H3,(H,25,26)(H,27,28). The summed E-state index contributed by atoms with van der Waals surface area (Å²) in [5.74, 6) is -3.42. The number of carbonyl (C=O) groups excluding carboxylic acids is 2. The van der Waals surface area contributed by atoms with Crippen LogP contribution in [0.15, 0.2) is 41.8 Å². The quantitative estimate of drug-likeness (QED) is 0.500. The van der Waals surface area contributed by atoms with Gasteiger partial charge in [-0.2, -0.15) is 0 Å². The number of nitrogens with one attached hydrogen (secondary N) is 1. The molecule has 4 rings (SSSR count). The molecule has 0 spiro atoms. The fraction of sp³-hybridized carbons (Fsp3) is 0.375. The normalized spacial score (nSPS) is 23.9. The van der Waals surface area contributed by atoms with Gasteiger partial charge in [0.25, 0.3) is 0 Å². The Balaban J connectivity index is 1.68. The molecule has 4 atom stereocenters. The van der Waals surface area contributed by atoms with Crippen molar-refractivity contribution in [2.75, 3.05) is 5.32 Å². The van der Waals surface area contributed by atoms with E-state index in [-0.39, 0.29) is 23.8 Å². The number of anilines is 1. The van der Waals surface area contributed by atoms with Crippen LogP contribution < -0.4 is 5.32 Å². The maximum absolute atomic E-state index is 13.2. The van der Waals surface area contributed by atoms with Gasteiger partial charge in [0, 0.05) is 10.9 Å². The summed E-state index contributed by atoms with van der Waals surface area (Å²) in [5, 5.41) is 14.7. The molecule has 7 heteroatoms. The van der Waals surface area contributed by atoms with E-state index in [0.717, 1.165) is 11.1 Å². The molecule has 0 saturated heterocycles. The van der Waals surface area contributed by atoms with E-state index in [0.29, 0.717) is 22.5 Å². The second-order valence-corrected chi connectivity index (χ2v) is 9.38. The third-order valence-electron chi connectivity index (χ3n) is 5.95. The lowest BCUT2D eigenvalue weighted by atomic mass is 9.82. The zero-order valence-corrected chi connectivity index (χ0v) is 18.4. The molecule has 6 nitrogen and oxygen atoms in total. The highest BCUT2D eigenvalue weighted by Gasteiger charge is 2.51. The highest BCUT2D eigenvalue weighted by atomic mass is 32.1. The topological polar surface area (TPSA) is 92.7 Å². The van der Waals surface area contributed by atoms with Crippen molar-refractivity contribution in [2.45, 2.75) is 33.3 Å². The fourth-order valence-electron chi connectivity index (χ4n) is 4.66. The molecule has 1 amide bonds. The number of allylic oxidation sites excluding steroid dienone is 2. The van der Waals surface area contributed by atoms with Crippen LogP contribution in [0, 0.1) is 30.6 Å². The van der Waals surface area contributed by atoms with Gasteiger partial charge in [0.2, 0.25) is 5.91 Å². The van der Waals surface area contributed by atoms with E-state index < -0.39 is 23.8 Å². The number of thiophene rings is 1. The predicted octanol–water partition coefficient (Wildman–Crippen LogP) is 4.75. The molecule has 1 saturated carbocycles. The Morgan fingerprint density at radius 1 is 1.16 bits per heavy atom. The molecule has 2 N–H and O–H groups in total. The van der Waals surface area contributed by atoms with Crippen LogP contribution in [0.4, 0.5) is 5.00 Å². The first-order valence-electron chi connectivity index (χ1n) is 10.4. The minimum atomic E-state index is -0.955. The molecule has 31 heavy (non-hydrogen) atoms. The van der Waals surface area contributed by atoms with E-state index in [1.807, 2.05) is 48.7 Å². The number of aliphatic carboxylic acids is 1. The average molecular weight is 440 g/mol. The Morgan fingerprint density at radius 2 is 1.87 bits per heavy atom. The second-order valence-electron chi connectivity index (χ2n) is 8.50. The van der Waals surface area contributed by atoms with Crippen molar-refractivity contribution in [3.63, 3.8) is 0 Å². The van der Waals surface area contributed by atoms with E-state index in [1.54, 1.807) is 13.8 Å². The number of fused-ring (bicyclic) bond motifs is 2. The molecule has 2 aliphatic carbocycles. The first kappa shape index (κ1) is 21.3. The van der Waals surface area contributed by atoms with E-state index in [1.165, 1.54) is 11.3 Å². The molecule has 4 unspecified atom stereocenters. The zero-order valence-electron chi connectivity index (χ0n) is 17.6. The summed E-state index contributed by atoms with van der Waals surface area (Å²) in [6.07, 6.45) is 4.21. The molecule has 162 valence electrons. The first-order chi connectivity index (χ1) is 14.8. The predicted molar refractivity (Wildman–Crippen MR) is 119 cm³/mol. The minimum absolute atomic E-state index is 0.0895. The summed E-state index contributed by atoms with van der Waals surface area (Å²) in [6, 6.07) is 7.77. The number of hydrogen-bond acceptors (Lipinski definition) is 5. The molecule has 2 aliphatic rings. The Hall–Kier alpha value is -2.93. The number of carbonyl (C=O) groups is 3. The summed E-state index contributed by atoms with van der Waals surface area (Å²) in [6.45, 7) is 5.52. The molecule has 0 radical (unpaired) electrons. The Bertz CT molecular complexity index is 1070. The molecular weight excluding hydrogens is 414 g/mol. The number of ether oxygens (including phenoxy) is 1. The number of hydrogen-bond donors (Lipinski definition) is 2. The number of amides is 1. The van der Waals surface area contributed by atoms with Crippen molar-refractivity contribution in [2.24, 2.45) is 23.7 Å². The minimum Gasteiger partial charge on any atom is -0.481 e. The molecule has 1 aromatic carbocycles. The maximum Gasteiger partial charge on any atom is 0.342 e. The SMILES string of the molecule is Cc1cccc(-c2csc(NC(=O)C3C4C=CC(C4)C3C(=O)O)c2C(=O)OC(C)C)c1. The van der Waals surface area contributed by atoms with Gasteiger partial charge in [0.15, 0.2) is 0 Å². The van der Waals surface area contributed by atoms with Gasteiger partial charge in [-0.15, -0.1) is 11.3 Å². The Labute approximate surface area is 184 Å². The number of rotatable bonds is 6. The molecule has 1 heterocycles. The summed E-state index contributed by atoms with van der Waals surface area (Å²) in [5.41, 5.74) is 2.91. The van der Waals surface area contributed by atoms with Crippen LogP contribution in [-0.4, -0.2) is 29.1 Å². The van der Waals surface area contributed by atoms with Crippen molar-refractivity contribution >= 4 is 34.2 Å². The number of carboxylic acid groups (broad SMARTS) is 1. The van der Waals surface area contributed by atoms with Gasteiger partial charge in [-0.05, 0) is 44.6 Å². The van der Waals surface area contributed by atoms with Crippen molar-refractivity contribution in [3.05, 3.63) is 52.9 Å². The fourth-order valence-corrected chi connectivity index (χ4v) is 5.62.